The maximum absolute atomic E-state index is 10.0. The third kappa shape index (κ3) is 4.50. The molecule has 108 valence electrons. The average molecular weight is 328 g/mol. The number of unbranched alkanes of at least 4 members (excludes halogenated alkanes) is 1. The van der Waals surface area contributed by atoms with Gasteiger partial charge in [-0.15, -0.1) is 0 Å². The summed E-state index contributed by atoms with van der Waals surface area (Å²) in [7, 11) is 0. The Balaban J connectivity index is 3.13. The lowest BCUT2D eigenvalue weighted by atomic mass is 10.0. The first kappa shape index (κ1) is 16.5. The highest BCUT2D eigenvalue weighted by Crippen LogP contribution is 2.31. The maximum atomic E-state index is 10.0. The van der Waals surface area contributed by atoms with Crippen molar-refractivity contribution in [3.05, 3.63) is 28.2 Å². The lowest BCUT2D eigenvalue weighted by molar-refractivity contribution is 0.199. The number of rotatable bonds is 7. The third-order valence-electron chi connectivity index (χ3n) is 3.62. The highest BCUT2D eigenvalue weighted by atomic mass is 79.9. The van der Waals surface area contributed by atoms with E-state index >= 15 is 0 Å². The highest BCUT2D eigenvalue weighted by Gasteiger charge is 2.18. The third-order valence-corrected chi connectivity index (χ3v) is 4.12. The molecule has 2 nitrogen and oxygen atoms in total. The molecule has 0 spiro atoms. The molecule has 2 unspecified atom stereocenters. The minimum atomic E-state index is -0.444. The Labute approximate surface area is 126 Å². The summed E-state index contributed by atoms with van der Waals surface area (Å²) < 4.78 is 1.02. The summed E-state index contributed by atoms with van der Waals surface area (Å²) in [6.07, 6.45) is 3.03. The Morgan fingerprint density at radius 3 is 2.47 bits per heavy atom. The molecule has 0 radical (unpaired) electrons. The standard InChI is InChI=1S/C16H26BrNO/c1-5-7-10-18(12(3)6-2)16-9-8-14(17)11-15(16)13(4)19/h8-9,11-13,19H,5-7,10H2,1-4H3. The summed E-state index contributed by atoms with van der Waals surface area (Å²) >= 11 is 3.49. The van der Waals surface area contributed by atoms with Gasteiger partial charge in [-0.25, -0.2) is 0 Å². The smallest absolute Gasteiger partial charge is 0.0782 e. The van der Waals surface area contributed by atoms with Crippen LogP contribution < -0.4 is 4.90 Å². The average Bonchev–Trinajstić information content (AvgIpc) is 2.39. The van der Waals surface area contributed by atoms with E-state index in [2.05, 4.69) is 53.7 Å². The molecule has 0 saturated heterocycles. The molecule has 1 aromatic rings. The summed E-state index contributed by atoms with van der Waals surface area (Å²) in [5, 5.41) is 10.0. The largest absolute Gasteiger partial charge is 0.389 e. The molecule has 0 amide bonds. The molecule has 0 fully saturated rings. The lowest BCUT2D eigenvalue weighted by Gasteiger charge is -2.33. The van der Waals surface area contributed by atoms with Crippen LogP contribution in [0.25, 0.3) is 0 Å². The fourth-order valence-corrected chi connectivity index (χ4v) is 2.63. The molecule has 0 bridgehead atoms. The van der Waals surface area contributed by atoms with Gasteiger partial charge in [0.1, 0.15) is 0 Å². The molecule has 0 saturated carbocycles. The van der Waals surface area contributed by atoms with E-state index in [1.807, 2.05) is 13.0 Å². The zero-order valence-corrected chi connectivity index (χ0v) is 14.1. The number of benzene rings is 1. The number of nitrogens with zero attached hydrogens (tertiary/aromatic N) is 1. The van der Waals surface area contributed by atoms with Crippen LogP contribution in [0.15, 0.2) is 22.7 Å². The van der Waals surface area contributed by atoms with E-state index in [0.29, 0.717) is 6.04 Å². The van der Waals surface area contributed by atoms with Crippen molar-refractivity contribution in [1.29, 1.82) is 0 Å². The minimum absolute atomic E-state index is 0.444. The summed E-state index contributed by atoms with van der Waals surface area (Å²) in [4.78, 5) is 2.43. The van der Waals surface area contributed by atoms with Gasteiger partial charge in [-0.1, -0.05) is 36.2 Å². The molecule has 0 aliphatic rings. The number of aliphatic hydroxyl groups excluding tert-OH is 1. The van der Waals surface area contributed by atoms with Crippen molar-refractivity contribution in [3.8, 4) is 0 Å². The van der Waals surface area contributed by atoms with Gasteiger partial charge in [-0.3, -0.25) is 0 Å². The van der Waals surface area contributed by atoms with Crippen molar-refractivity contribution in [2.45, 2.75) is 59.1 Å². The molecule has 2 atom stereocenters. The molecule has 1 rings (SSSR count). The first-order valence-corrected chi connectivity index (χ1v) is 8.04. The van der Waals surface area contributed by atoms with Crippen LogP contribution in [0, 0.1) is 0 Å². The first-order chi connectivity index (χ1) is 9.01. The maximum Gasteiger partial charge on any atom is 0.0782 e. The number of aliphatic hydroxyl groups is 1. The van der Waals surface area contributed by atoms with Gasteiger partial charge in [0.2, 0.25) is 0 Å². The number of anilines is 1. The van der Waals surface area contributed by atoms with E-state index in [0.717, 1.165) is 23.0 Å². The molecule has 0 aromatic heterocycles. The summed E-state index contributed by atoms with van der Waals surface area (Å²) in [5.41, 5.74) is 2.17. The van der Waals surface area contributed by atoms with E-state index in [-0.39, 0.29) is 0 Å². The normalized spacial score (nSPS) is 14.2. The number of hydrogen-bond donors (Lipinski definition) is 1. The van der Waals surface area contributed by atoms with Crippen molar-refractivity contribution in [2.75, 3.05) is 11.4 Å². The van der Waals surface area contributed by atoms with E-state index in [1.165, 1.54) is 18.5 Å². The van der Waals surface area contributed by atoms with Gasteiger partial charge >= 0.3 is 0 Å². The first-order valence-electron chi connectivity index (χ1n) is 7.25. The Bertz CT molecular complexity index is 392. The van der Waals surface area contributed by atoms with Crippen LogP contribution in [0.5, 0.6) is 0 Å². The molecule has 1 N–H and O–H groups in total. The Kier molecular flexibility index (Phi) is 6.87. The van der Waals surface area contributed by atoms with Crippen LogP contribution in [0.2, 0.25) is 0 Å². The molecule has 1 aromatic carbocycles. The Morgan fingerprint density at radius 1 is 1.26 bits per heavy atom. The summed E-state index contributed by atoms with van der Waals surface area (Å²) in [6.45, 7) is 9.56. The minimum Gasteiger partial charge on any atom is -0.389 e. The van der Waals surface area contributed by atoms with Gasteiger partial charge in [0.15, 0.2) is 0 Å². The SMILES string of the molecule is CCCCN(c1ccc(Br)cc1C(C)O)C(C)CC. The van der Waals surface area contributed by atoms with E-state index in [4.69, 9.17) is 0 Å². The topological polar surface area (TPSA) is 23.5 Å². The molecule has 3 heteroatoms. The Hall–Kier alpha value is -0.540. The zero-order valence-electron chi connectivity index (χ0n) is 12.5. The molecule has 0 heterocycles. The van der Waals surface area contributed by atoms with Crippen molar-refractivity contribution in [1.82, 2.24) is 0 Å². The van der Waals surface area contributed by atoms with E-state index in [9.17, 15) is 5.11 Å². The predicted octanol–water partition coefficient (Wildman–Crippen LogP) is 4.91. The second-order valence-electron chi connectivity index (χ2n) is 5.18. The van der Waals surface area contributed by atoms with Crippen molar-refractivity contribution < 1.29 is 5.11 Å². The van der Waals surface area contributed by atoms with Crippen LogP contribution in [0.1, 0.15) is 58.6 Å². The monoisotopic (exact) mass is 327 g/mol. The highest BCUT2D eigenvalue weighted by molar-refractivity contribution is 9.10. The van der Waals surface area contributed by atoms with Crippen molar-refractivity contribution in [3.63, 3.8) is 0 Å². The summed E-state index contributed by atoms with van der Waals surface area (Å²) in [5.74, 6) is 0. The van der Waals surface area contributed by atoms with Gasteiger partial charge in [-0.2, -0.15) is 0 Å². The van der Waals surface area contributed by atoms with Crippen molar-refractivity contribution >= 4 is 21.6 Å². The number of hydrogen-bond acceptors (Lipinski definition) is 2. The Morgan fingerprint density at radius 2 is 1.95 bits per heavy atom. The summed E-state index contributed by atoms with van der Waals surface area (Å²) in [6, 6.07) is 6.70. The fourth-order valence-electron chi connectivity index (χ4n) is 2.25. The molecular formula is C16H26BrNO. The zero-order chi connectivity index (χ0) is 14.4. The second-order valence-corrected chi connectivity index (χ2v) is 6.10. The fraction of sp³-hybridized carbons (Fsp3) is 0.625. The van der Waals surface area contributed by atoms with Crippen LogP contribution in [-0.4, -0.2) is 17.7 Å². The van der Waals surface area contributed by atoms with Crippen LogP contribution >= 0.6 is 15.9 Å². The molecule has 0 aliphatic heterocycles. The van der Waals surface area contributed by atoms with Gasteiger partial charge in [-0.05, 0) is 44.9 Å². The van der Waals surface area contributed by atoms with Crippen molar-refractivity contribution in [2.24, 2.45) is 0 Å². The van der Waals surface area contributed by atoms with Gasteiger partial charge in [0, 0.05) is 28.3 Å². The van der Waals surface area contributed by atoms with E-state index in [1.54, 1.807) is 0 Å². The molecular weight excluding hydrogens is 302 g/mol. The lowest BCUT2D eigenvalue weighted by Crippen LogP contribution is -2.34. The second kappa shape index (κ2) is 7.91. The van der Waals surface area contributed by atoms with Crippen LogP contribution in [-0.2, 0) is 0 Å². The van der Waals surface area contributed by atoms with Crippen LogP contribution in [0.3, 0.4) is 0 Å². The van der Waals surface area contributed by atoms with Gasteiger partial charge < -0.3 is 10.0 Å². The van der Waals surface area contributed by atoms with Gasteiger partial charge in [0.05, 0.1) is 6.10 Å². The van der Waals surface area contributed by atoms with E-state index < -0.39 is 6.10 Å². The quantitative estimate of drug-likeness (QED) is 0.769. The molecule has 19 heavy (non-hydrogen) atoms. The van der Waals surface area contributed by atoms with Crippen LogP contribution in [0.4, 0.5) is 5.69 Å². The predicted molar refractivity (Wildman–Crippen MR) is 86.8 cm³/mol. The molecule has 0 aliphatic carbocycles. The van der Waals surface area contributed by atoms with Gasteiger partial charge in [0.25, 0.3) is 0 Å². The number of halogens is 1.